The van der Waals surface area contributed by atoms with Gasteiger partial charge in [-0.2, -0.15) is 0 Å². The summed E-state index contributed by atoms with van der Waals surface area (Å²) < 4.78 is 5.80. The van der Waals surface area contributed by atoms with Crippen molar-refractivity contribution in [2.45, 2.75) is 26.2 Å². The van der Waals surface area contributed by atoms with Crippen LogP contribution in [0.5, 0.6) is 5.75 Å². The van der Waals surface area contributed by atoms with Crippen LogP contribution in [0.4, 0.5) is 11.4 Å². The second-order valence-corrected chi connectivity index (χ2v) is 5.90. The summed E-state index contributed by atoms with van der Waals surface area (Å²) in [4.78, 5) is 16.5. The van der Waals surface area contributed by atoms with Gasteiger partial charge in [-0.25, -0.2) is 0 Å². The number of ether oxygens (including phenoxy) is 1. The SMILES string of the molecule is CCCCCN1C(=O)COc2c(N3CCNCC3)cccc21. The molecule has 3 rings (SSSR count). The zero-order chi connectivity index (χ0) is 15.4. The van der Waals surface area contributed by atoms with Crippen molar-refractivity contribution in [1.29, 1.82) is 0 Å². The summed E-state index contributed by atoms with van der Waals surface area (Å²) >= 11 is 0. The third-order valence-corrected chi connectivity index (χ3v) is 4.35. The van der Waals surface area contributed by atoms with Gasteiger partial charge in [0, 0.05) is 32.7 Å². The number of carbonyl (C=O) groups excluding carboxylic acids is 1. The zero-order valence-corrected chi connectivity index (χ0v) is 13.3. The van der Waals surface area contributed by atoms with E-state index in [1.165, 1.54) is 0 Å². The molecule has 0 aromatic heterocycles. The fourth-order valence-electron chi connectivity index (χ4n) is 3.14. The van der Waals surface area contributed by atoms with Crippen molar-refractivity contribution in [2.24, 2.45) is 0 Å². The Morgan fingerprint density at radius 3 is 2.73 bits per heavy atom. The first-order valence-corrected chi connectivity index (χ1v) is 8.33. The number of fused-ring (bicyclic) bond motifs is 1. The number of rotatable bonds is 5. The summed E-state index contributed by atoms with van der Waals surface area (Å²) in [6, 6.07) is 6.14. The third-order valence-electron chi connectivity index (χ3n) is 4.35. The summed E-state index contributed by atoms with van der Waals surface area (Å²) in [5.74, 6) is 0.946. The van der Waals surface area contributed by atoms with E-state index in [1.807, 2.05) is 17.0 Å². The molecule has 1 aromatic carbocycles. The quantitative estimate of drug-likeness (QED) is 0.845. The summed E-state index contributed by atoms with van der Waals surface area (Å²) in [5.41, 5.74) is 2.05. The van der Waals surface area contributed by atoms with Crippen LogP contribution in [-0.4, -0.2) is 45.2 Å². The molecule has 0 radical (unpaired) electrons. The van der Waals surface area contributed by atoms with Gasteiger partial charge in [0.05, 0.1) is 11.4 Å². The molecular formula is C17H25N3O2. The summed E-state index contributed by atoms with van der Waals surface area (Å²) in [6.45, 7) is 7.05. The Balaban J connectivity index is 1.85. The maximum atomic E-state index is 12.2. The minimum Gasteiger partial charge on any atom is -0.479 e. The number of nitrogens with zero attached hydrogens (tertiary/aromatic N) is 2. The lowest BCUT2D eigenvalue weighted by molar-refractivity contribution is -0.121. The van der Waals surface area contributed by atoms with E-state index in [2.05, 4.69) is 23.2 Å². The minimum absolute atomic E-state index is 0.0704. The number of amides is 1. The van der Waals surface area contributed by atoms with Gasteiger partial charge in [-0.05, 0) is 18.6 Å². The summed E-state index contributed by atoms with van der Waals surface area (Å²) in [5, 5.41) is 3.37. The van der Waals surface area contributed by atoms with Crippen molar-refractivity contribution >= 4 is 17.3 Å². The van der Waals surface area contributed by atoms with Crippen LogP contribution in [0.1, 0.15) is 26.2 Å². The highest BCUT2D eigenvalue weighted by Crippen LogP contribution is 2.40. The van der Waals surface area contributed by atoms with Gasteiger partial charge in [0.1, 0.15) is 0 Å². The van der Waals surface area contributed by atoms with E-state index in [-0.39, 0.29) is 12.5 Å². The Morgan fingerprint density at radius 2 is 1.95 bits per heavy atom. The average Bonchev–Trinajstić information content (AvgIpc) is 2.57. The molecule has 1 N–H and O–H groups in total. The lowest BCUT2D eigenvalue weighted by Gasteiger charge is -2.35. The van der Waals surface area contributed by atoms with Crippen LogP contribution in [-0.2, 0) is 4.79 Å². The fraction of sp³-hybridized carbons (Fsp3) is 0.588. The first kappa shape index (κ1) is 15.2. The first-order valence-electron chi connectivity index (χ1n) is 8.33. The molecule has 5 nitrogen and oxygen atoms in total. The Labute approximate surface area is 132 Å². The van der Waals surface area contributed by atoms with Crippen molar-refractivity contribution < 1.29 is 9.53 Å². The smallest absolute Gasteiger partial charge is 0.265 e. The van der Waals surface area contributed by atoms with Gasteiger partial charge in [-0.3, -0.25) is 4.79 Å². The maximum Gasteiger partial charge on any atom is 0.265 e. The highest BCUT2D eigenvalue weighted by molar-refractivity contribution is 5.99. The zero-order valence-electron chi connectivity index (χ0n) is 13.3. The number of hydrogen-bond acceptors (Lipinski definition) is 4. The van der Waals surface area contributed by atoms with Crippen molar-refractivity contribution in [3.63, 3.8) is 0 Å². The number of anilines is 2. The molecule has 0 aliphatic carbocycles. The normalized spacial score (nSPS) is 18.1. The number of benzene rings is 1. The van der Waals surface area contributed by atoms with Crippen LogP contribution in [0.25, 0.3) is 0 Å². The van der Waals surface area contributed by atoms with Crippen molar-refractivity contribution in [1.82, 2.24) is 5.32 Å². The van der Waals surface area contributed by atoms with Gasteiger partial charge >= 0.3 is 0 Å². The van der Waals surface area contributed by atoms with Gasteiger partial charge in [0.25, 0.3) is 5.91 Å². The molecule has 0 atom stereocenters. The van der Waals surface area contributed by atoms with Gasteiger partial charge in [0.2, 0.25) is 0 Å². The highest BCUT2D eigenvalue weighted by atomic mass is 16.5. The minimum atomic E-state index is 0.0704. The van der Waals surface area contributed by atoms with E-state index in [0.717, 1.165) is 69.1 Å². The van der Waals surface area contributed by atoms with Gasteiger partial charge in [-0.1, -0.05) is 25.8 Å². The monoisotopic (exact) mass is 303 g/mol. The molecule has 0 saturated carbocycles. The number of piperazine rings is 1. The van der Waals surface area contributed by atoms with E-state index in [4.69, 9.17) is 4.74 Å². The summed E-state index contributed by atoms with van der Waals surface area (Å²) in [6.07, 6.45) is 3.35. The van der Waals surface area contributed by atoms with E-state index >= 15 is 0 Å². The molecule has 0 unspecified atom stereocenters. The highest BCUT2D eigenvalue weighted by Gasteiger charge is 2.28. The van der Waals surface area contributed by atoms with Crippen molar-refractivity contribution in [2.75, 3.05) is 49.1 Å². The van der Waals surface area contributed by atoms with Crippen LogP contribution in [0.15, 0.2) is 18.2 Å². The molecule has 1 amide bonds. The topological polar surface area (TPSA) is 44.8 Å². The molecule has 1 saturated heterocycles. The van der Waals surface area contributed by atoms with Gasteiger partial charge in [0.15, 0.2) is 12.4 Å². The number of hydrogen-bond donors (Lipinski definition) is 1. The molecule has 2 aliphatic rings. The average molecular weight is 303 g/mol. The lowest BCUT2D eigenvalue weighted by atomic mass is 10.1. The van der Waals surface area contributed by atoms with Crippen molar-refractivity contribution in [3.05, 3.63) is 18.2 Å². The first-order chi connectivity index (χ1) is 10.8. The van der Waals surface area contributed by atoms with Crippen LogP contribution in [0, 0.1) is 0 Å². The Kier molecular flexibility index (Phi) is 4.83. The molecule has 5 heteroatoms. The third kappa shape index (κ3) is 3.04. The van der Waals surface area contributed by atoms with Crippen LogP contribution in [0.3, 0.4) is 0 Å². The van der Waals surface area contributed by atoms with Crippen molar-refractivity contribution in [3.8, 4) is 5.75 Å². The fourth-order valence-corrected chi connectivity index (χ4v) is 3.14. The van der Waals surface area contributed by atoms with E-state index in [1.54, 1.807) is 0 Å². The van der Waals surface area contributed by atoms with E-state index in [0.29, 0.717) is 0 Å². The molecular weight excluding hydrogens is 278 g/mol. The largest absolute Gasteiger partial charge is 0.479 e. The Hall–Kier alpha value is -1.75. The molecule has 1 aromatic rings. The Morgan fingerprint density at radius 1 is 1.18 bits per heavy atom. The number of unbranched alkanes of at least 4 members (excludes halogenated alkanes) is 2. The second kappa shape index (κ2) is 7.01. The molecule has 120 valence electrons. The molecule has 0 spiro atoms. The van der Waals surface area contributed by atoms with Crippen LogP contribution < -0.4 is 19.9 Å². The molecule has 1 fully saturated rings. The molecule has 0 bridgehead atoms. The second-order valence-electron chi connectivity index (χ2n) is 5.90. The molecule has 22 heavy (non-hydrogen) atoms. The maximum absolute atomic E-state index is 12.2. The number of para-hydroxylation sites is 1. The van der Waals surface area contributed by atoms with Crippen LogP contribution in [0.2, 0.25) is 0 Å². The standard InChI is InChI=1S/C17H25N3O2/c1-2-3-4-10-20-15-7-5-6-14(17(15)22-13-16(20)21)19-11-8-18-9-12-19/h5-7,18H,2-4,8-13H2,1H3. The Bertz CT molecular complexity index is 527. The van der Waals surface area contributed by atoms with Gasteiger partial charge in [-0.15, -0.1) is 0 Å². The summed E-state index contributed by atoms with van der Waals surface area (Å²) in [7, 11) is 0. The number of carbonyl (C=O) groups is 1. The lowest BCUT2D eigenvalue weighted by Crippen LogP contribution is -2.44. The number of nitrogens with one attached hydrogen (secondary N) is 1. The van der Waals surface area contributed by atoms with E-state index < -0.39 is 0 Å². The predicted molar refractivity (Wildman–Crippen MR) is 88.9 cm³/mol. The van der Waals surface area contributed by atoms with Crippen LogP contribution >= 0.6 is 0 Å². The van der Waals surface area contributed by atoms with E-state index in [9.17, 15) is 4.79 Å². The predicted octanol–water partition coefficient (Wildman–Crippen LogP) is 2.01. The molecule has 2 aliphatic heterocycles. The molecule has 2 heterocycles. The van der Waals surface area contributed by atoms with Gasteiger partial charge < -0.3 is 19.9 Å².